The number of halogens is 2. The molecule has 10 heteroatoms. The van der Waals surface area contributed by atoms with Crippen LogP contribution < -0.4 is 14.9 Å². The van der Waals surface area contributed by atoms with Gasteiger partial charge in [0.25, 0.3) is 15.9 Å². The van der Waals surface area contributed by atoms with Gasteiger partial charge < -0.3 is 4.74 Å². The Morgan fingerprint density at radius 3 is 2.42 bits per heavy atom. The van der Waals surface area contributed by atoms with Gasteiger partial charge in [-0.2, -0.15) is 5.10 Å². The summed E-state index contributed by atoms with van der Waals surface area (Å²) >= 11 is 0. The number of nitrogens with one attached hydrogen (secondary N) is 2. The number of carbonyl (C=O) groups excluding carboxylic acids is 1. The van der Waals surface area contributed by atoms with Crippen LogP contribution in [0.15, 0.2) is 76.7 Å². The van der Waals surface area contributed by atoms with Crippen LogP contribution in [0.5, 0.6) is 5.75 Å². The normalized spacial score (nSPS) is 11.3. The van der Waals surface area contributed by atoms with Crippen LogP contribution in [0.25, 0.3) is 0 Å². The van der Waals surface area contributed by atoms with E-state index in [-0.39, 0.29) is 16.0 Å². The lowest BCUT2D eigenvalue weighted by molar-refractivity contribution is 0.0955. The molecular formula is C21H17F2N3O4S. The molecule has 0 aliphatic heterocycles. The third kappa shape index (κ3) is 5.64. The van der Waals surface area contributed by atoms with Gasteiger partial charge in [-0.3, -0.25) is 9.52 Å². The van der Waals surface area contributed by atoms with Crippen LogP contribution in [0.2, 0.25) is 0 Å². The van der Waals surface area contributed by atoms with Crippen LogP contribution in [0.3, 0.4) is 0 Å². The van der Waals surface area contributed by atoms with Crippen LogP contribution in [0, 0.1) is 11.6 Å². The highest BCUT2D eigenvalue weighted by Gasteiger charge is 2.16. The van der Waals surface area contributed by atoms with E-state index in [9.17, 15) is 22.0 Å². The van der Waals surface area contributed by atoms with E-state index in [2.05, 4.69) is 15.2 Å². The van der Waals surface area contributed by atoms with Crippen LogP contribution in [0.1, 0.15) is 15.9 Å². The van der Waals surface area contributed by atoms with Crippen molar-refractivity contribution in [2.45, 2.75) is 4.90 Å². The van der Waals surface area contributed by atoms with Gasteiger partial charge in [0.15, 0.2) is 11.6 Å². The van der Waals surface area contributed by atoms with Crippen molar-refractivity contribution >= 4 is 27.8 Å². The molecule has 3 aromatic carbocycles. The zero-order valence-electron chi connectivity index (χ0n) is 16.2. The molecule has 1 amide bonds. The summed E-state index contributed by atoms with van der Waals surface area (Å²) in [5.74, 6) is -2.15. The van der Waals surface area contributed by atoms with Crippen molar-refractivity contribution in [3.8, 4) is 5.75 Å². The number of nitrogens with zero attached hydrogens (tertiary/aromatic N) is 1. The third-order valence-electron chi connectivity index (χ3n) is 4.07. The first-order valence-corrected chi connectivity index (χ1v) is 10.3. The largest absolute Gasteiger partial charge is 0.497 e. The summed E-state index contributed by atoms with van der Waals surface area (Å²) < 4.78 is 58.8. The Morgan fingerprint density at radius 2 is 1.74 bits per heavy atom. The van der Waals surface area contributed by atoms with E-state index in [0.29, 0.717) is 11.4 Å². The summed E-state index contributed by atoms with van der Waals surface area (Å²) in [5, 5.41) is 3.67. The van der Waals surface area contributed by atoms with Gasteiger partial charge in [-0.25, -0.2) is 22.6 Å². The summed E-state index contributed by atoms with van der Waals surface area (Å²) in [5.41, 5.74) is 2.81. The lowest BCUT2D eigenvalue weighted by atomic mass is 10.2. The molecule has 160 valence electrons. The molecule has 0 aliphatic carbocycles. The fraction of sp³-hybridized carbons (Fsp3) is 0.0476. The lowest BCUT2D eigenvalue weighted by Crippen LogP contribution is -2.19. The fourth-order valence-electron chi connectivity index (χ4n) is 2.50. The minimum absolute atomic E-state index is 0.0417. The number of sulfonamides is 1. The van der Waals surface area contributed by atoms with Gasteiger partial charge in [0.2, 0.25) is 0 Å². The van der Waals surface area contributed by atoms with Gasteiger partial charge in [-0.15, -0.1) is 0 Å². The van der Waals surface area contributed by atoms with Gasteiger partial charge >= 0.3 is 0 Å². The number of hydrogen-bond acceptors (Lipinski definition) is 5. The molecule has 0 saturated heterocycles. The average Bonchev–Trinajstić information content (AvgIpc) is 2.76. The second kappa shape index (κ2) is 9.35. The van der Waals surface area contributed by atoms with Gasteiger partial charge in [0.05, 0.1) is 18.2 Å². The SMILES string of the molecule is COc1ccc(NS(=O)(=O)c2cccc(C(=O)N/N=C/c3ccc(F)c(F)c3)c2)cc1. The topological polar surface area (TPSA) is 96.9 Å². The van der Waals surface area contributed by atoms with Crippen LogP contribution in [-0.2, 0) is 10.0 Å². The van der Waals surface area contributed by atoms with Crippen molar-refractivity contribution in [3.05, 3.63) is 89.5 Å². The minimum atomic E-state index is -3.95. The molecule has 0 aromatic heterocycles. The summed E-state index contributed by atoms with van der Waals surface area (Å²) in [6, 6.07) is 14.8. The molecule has 31 heavy (non-hydrogen) atoms. The monoisotopic (exact) mass is 445 g/mol. The molecule has 0 radical (unpaired) electrons. The Bertz CT molecular complexity index is 1230. The van der Waals surface area contributed by atoms with Crippen LogP contribution >= 0.6 is 0 Å². The molecule has 0 fully saturated rings. The van der Waals surface area contributed by atoms with E-state index in [4.69, 9.17) is 4.74 Å². The van der Waals surface area contributed by atoms with Gasteiger partial charge in [-0.05, 0) is 60.2 Å². The molecule has 0 bridgehead atoms. The van der Waals surface area contributed by atoms with E-state index >= 15 is 0 Å². The summed E-state index contributed by atoms with van der Waals surface area (Å²) in [6.45, 7) is 0. The molecule has 0 atom stereocenters. The highest BCUT2D eigenvalue weighted by atomic mass is 32.2. The summed E-state index contributed by atoms with van der Waals surface area (Å²) in [7, 11) is -2.45. The number of anilines is 1. The molecule has 0 spiro atoms. The molecule has 0 heterocycles. The van der Waals surface area contributed by atoms with Crippen molar-refractivity contribution in [1.29, 1.82) is 0 Å². The maximum Gasteiger partial charge on any atom is 0.271 e. The Kier molecular flexibility index (Phi) is 6.61. The van der Waals surface area contributed by atoms with E-state index < -0.39 is 27.6 Å². The Balaban J connectivity index is 1.71. The van der Waals surface area contributed by atoms with E-state index in [1.54, 1.807) is 24.3 Å². The Labute approximate surface area is 177 Å². The molecule has 0 saturated carbocycles. The molecule has 2 N–H and O–H groups in total. The average molecular weight is 445 g/mol. The molecular weight excluding hydrogens is 428 g/mol. The van der Waals surface area contributed by atoms with E-state index in [0.717, 1.165) is 18.3 Å². The lowest BCUT2D eigenvalue weighted by Gasteiger charge is -2.09. The second-order valence-corrected chi connectivity index (χ2v) is 7.92. The van der Waals surface area contributed by atoms with Crippen molar-refractivity contribution < 1.29 is 26.7 Å². The maximum atomic E-state index is 13.2. The zero-order chi connectivity index (χ0) is 22.4. The number of rotatable bonds is 7. The zero-order valence-corrected chi connectivity index (χ0v) is 17.0. The first kappa shape index (κ1) is 21.9. The first-order valence-electron chi connectivity index (χ1n) is 8.84. The molecule has 3 rings (SSSR count). The van der Waals surface area contributed by atoms with Crippen molar-refractivity contribution in [2.24, 2.45) is 5.10 Å². The molecule has 3 aromatic rings. The number of benzene rings is 3. The van der Waals surface area contributed by atoms with Crippen LogP contribution in [-0.4, -0.2) is 27.6 Å². The smallest absolute Gasteiger partial charge is 0.271 e. The highest BCUT2D eigenvalue weighted by molar-refractivity contribution is 7.92. The quantitative estimate of drug-likeness (QED) is 0.430. The maximum absolute atomic E-state index is 13.2. The number of hydrazone groups is 1. The van der Waals surface area contributed by atoms with Crippen molar-refractivity contribution in [3.63, 3.8) is 0 Å². The number of methoxy groups -OCH3 is 1. The van der Waals surface area contributed by atoms with Gasteiger partial charge in [0, 0.05) is 11.3 Å². The van der Waals surface area contributed by atoms with E-state index in [1.165, 1.54) is 37.4 Å². The predicted molar refractivity (Wildman–Crippen MR) is 112 cm³/mol. The first-order chi connectivity index (χ1) is 14.8. The van der Waals surface area contributed by atoms with Crippen molar-refractivity contribution in [1.82, 2.24) is 5.43 Å². The predicted octanol–water partition coefficient (Wildman–Crippen LogP) is 3.54. The summed E-state index contributed by atoms with van der Waals surface area (Å²) in [4.78, 5) is 12.2. The minimum Gasteiger partial charge on any atom is -0.497 e. The van der Waals surface area contributed by atoms with Gasteiger partial charge in [0.1, 0.15) is 5.75 Å². The summed E-state index contributed by atoms with van der Waals surface area (Å²) in [6.07, 6.45) is 1.13. The van der Waals surface area contributed by atoms with E-state index in [1.807, 2.05) is 0 Å². The Hall–Kier alpha value is -3.79. The second-order valence-electron chi connectivity index (χ2n) is 6.23. The van der Waals surface area contributed by atoms with Gasteiger partial charge in [-0.1, -0.05) is 12.1 Å². The number of hydrogen-bond donors (Lipinski definition) is 2. The molecule has 7 nitrogen and oxygen atoms in total. The third-order valence-corrected chi connectivity index (χ3v) is 5.45. The van der Waals surface area contributed by atoms with Crippen molar-refractivity contribution in [2.75, 3.05) is 11.8 Å². The number of carbonyl (C=O) groups is 1. The highest BCUT2D eigenvalue weighted by Crippen LogP contribution is 2.20. The molecule has 0 aliphatic rings. The Morgan fingerprint density at radius 1 is 1.00 bits per heavy atom. The standard InChI is InChI=1S/C21H17F2N3O4S/c1-30-17-8-6-16(7-9-17)26-31(28,29)18-4-2-3-15(12-18)21(27)25-24-13-14-5-10-19(22)20(23)11-14/h2-13,26H,1H3,(H,25,27)/b24-13+. The number of amides is 1. The fourth-order valence-corrected chi connectivity index (χ4v) is 3.60. The molecule has 0 unspecified atom stereocenters. The van der Waals surface area contributed by atoms with Crippen LogP contribution in [0.4, 0.5) is 14.5 Å². The number of ether oxygens (including phenoxy) is 1.